The van der Waals surface area contributed by atoms with Crippen LogP contribution in [0.3, 0.4) is 0 Å². The van der Waals surface area contributed by atoms with Gasteiger partial charge in [-0.3, -0.25) is 14.9 Å². The molecule has 2 N–H and O–H groups in total. The molecule has 2 aromatic carbocycles. The minimum Gasteiger partial charge on any atom is -0.389 e. The number of anilines is 1. The summed E-state index contributed by atoms with van der Waals surface area (Å²) in [7, 11) is 0. The van der Waals surface area contributed by atoms with Crippen molar-refractivity contribution in [1.29, 1.82) is 0 Å². The number of carbonyl (C=O) groups is 2. The number of carbonyl (C=O) groups excluding carboxylic acids is 2. The van der Waals surface area contributed by atoms with E-state index in [9.17, 15) is 14.7 Å². The van der Waals surface area contributed by atoms with Crippen LogP contribution in [-0.4, -0.2) is 41.3 Å². The van der Waals surface area contributed by atoms with E-state index in [0.29, 0.717) is 37.2 Å². The van der Waals surface area contributed by atoms with Gasteiger partial charge in [0.05, 0.1) is 17.4 Å². The smallest absolute Gasteiger partial charge is 0.235 e. The molecule has 0 spiro atoms. The Hall–Kier alpha value is -2.93. The summed E-state index contributed by atoms with van der Waals surface area (Å²) in [5.41, 5.74) is 2.18. The van der Waals surface area contributed by atoms with E-state index in [1.165, 1.54) is 0 Å². The number of benzene rings is 2. The highest BCUT2D eigenvalue weighted by Crippen LogP contribution is 2.40. The average Bonchev–Trinajstić information content (AvgIpc) is 3.02. The van der Waals surface area contributed by atoms with E-state index in [1.54, 1.807) is 0 Å². The van der Waals surface area contributed by atoms with Gasteiger partial charge in [-0.15, -0.1) is 0 Å². The van der Waals surface area contributed by atoms with E-state index in [2.05, 4.69) is 15.4 Å². The Morgan fingerprint density at radius 3 is 2.69 bits per heavy atom. The first-order chi connectivity index (χ1) is 12.6. The molecule has 0 bridgehead atoms. The van der Waals surface area contributed by atoms with Gasteiger partial charge in [-0.05, 0) is 11.8 Å². The number of β-amino-alcohol motifs (C(OH)–C–C–N with tert-alkyl or cyclic N) is 1. The minimum atomic E-state index is -0.492. The molecule has 0 radical (unpaired) electrons. The Morgan fingerprint density at radius 2 is 1.96 bits per heavy atom. The molecule has 132 valence electrons. The Balaban J connectivity index is 1.70. The zero-order chi connectivity index (χ0) is 17.8. The zero-order valence-corrected chi connectivity index (χ0v) is 13.9. The lowest BCUT2D eigenvalue weighted by molar-refractivity contribution is -0.134. The third-order valence-corrected chi connectivity index (χ3v) is 5.26. The largest absolute Gasteiger partial charge is 0.389 e. The first-order valence-corrected chi connectivity index (χ1v) is 8.69. The number of rotatable bonds is 2. The number of amides is 2. The highest BCUT2D eigenvalue weighted by Gasteiger charge is 2.33. The third kappa shape index (κ3) is 2.20. The highest BCUT2D eigenvalue weighted by atomic mass is 16.5. The van der Waals surface area contributed by atoms with Crippen molar-refractivity contribution in [2.75, 3.05) is 18.0 Å². The molecule has 2 saturated heterocycles. The molecule has 3 heterocycles. The number of nitrogens with one attached hydrogen (secondary N) is 1. The maximum absolute atomic E-state index is 12.3. The number of nitrogens with zero attached hydrogens (tertiary/aromatic N) is 2. The van der Waals surface area contributed by atoms with Crippen LogP contribution in [0.1, 0.15) is 24.5 Å². The molecule has 2 aliphatic heterocycles. The van der Waals surface area contributed by atoms with Gasteiger partial charge < -0.3 is 14.5 Å². The van der Waals surface area contributed by atoms with Crippen LogP contribution in [-0.2, 0) is 9.59 Å². The van der Waals surface area contributed by atoms with Crippen molar-refractivity contribution in [3.8, 4) is 0 Å². The number of hydrogen-bond acceptors (Lipinski definition) is 6. The first-order valence-electron chi connectivity index (χ1n) is 8.69. The van der Waals surface area contributed by atoms with Gasteiger partial charge in [0.2, 0.25) is 11.8 Å². The van der Waals surface area contributed by atoms with E-state index < -0.39 is 5.92 Å². The van der Waals surface area contributed by atoms with Gasteiger partial charge >= 0.3 is 0 Å². The molecule has 2 fully saturated rings. The van der Waals surface area contributed by atoms with Crippen LogP contribution < -0.4 is 10.2 Å². The van der Waals surface area contributed by atoms with Crippen LogP contribution in [0.25, 0.3) is 21.7 Å². The Morgan fingerprint density at radius 1 is 1.19 bits per heavy atom. The van der Waals surface area contributed by atoms with E-state index in [1.807, 2.05) is 30.3 Å². The molecular formula is C19H17N3O4. The number of aromatic nitrogens is 1. The van der Waals surface area contributed by atoms with Gasteiger partial charge in [0.1, 0.15) is 5.69 Å². The van der Waals surface area contributed by atoms with Gasteiger partial charge in [0.25, 0.3) is 0 Å². The monoisotopic (exact) mass is 351 g/mol. The SMILES string of the molecule is O=C1CCC(c2noc3cc(N4CC(O)C4)c4ccccc4c23)C(=O)N1. The summed E-state index contributed by atoms with van der Waals surface area (Å²) in [6, 6.07) is 9.84. The summed E-state index contributed by atoms with van der Waals surface area (Å²) < 4.78 is 5.57. The Labute approximate surface area is 148 Å². The molecule has 0 saturated carbocycles. The molecule has 1 aromatic heterocycles. The molecule has 1 atom stereocenters. The third-order valence-electron chi connectivity index (χ3n) is 5.26. The average molecular weight is 351 g/mol. The number of piperidine rings is 1. The second kappa shape index (κ2) is 5.54. The topological polar surface area (TPSA) is 95.7 Å². The van der Waals surface area contributed by atoms with E-state index in [-0.39, 0.29) is 17.9 Å². The van der Waals surface area contributed by atoms with Crippen molar-refractivity contribution in [2.45, 2.75) is 24.9 Å². The summed E-state index contributed by atoms with van der Waals surface area (Å²) in [5.74, 6) is -1.06. The number of aliphatic hydroxyl groups is 1. The summed E-state index contributed by atoms with van der Waals surface area (Å²) in [5, 5.41) is 19.0. The molecule has 2 amide bonds. The van der Waals surface area contributed by atoms with Crippen molar-refractivity contribution >= 4 is 39.2 Å². The van der Waals surface area contributed by atoms with Crippen molar-refractivity contribution in [3.63, 3.8) is 0 Å². The summed E-state index contributed by atoms with van der Waals surface area (Å²) >= 11 is 0. The van der Waals surface area contributed by atoms with Crippen LogP contribution in [0.2, 0.25) is 0 Å². The first kappa shape index (κ1) is 15.3. The van der Waals surface area contributed by atoms with Gasteiger partial charge in [-0.25, -0.2) is 0 Å². The summed E-state index contributed by atoms with van der Waals surface area (Å²) in [6.07, 6.45) is 0.422. The molecular weight excluding hydrogens is 334 g/mol. The lowest BCUT2D eigenvalue weighted by atomic mass is 9.90. The summed E-state index contributed by atoms with van der Waals surface area (Å²) in [4.78, 5) is 25.8. The van der Waals surface area contributed by atoms with Crippen LogP contribution in [0.4, 0.5) is 5.69 Å². The molecule has 5 rings (SSSR count). The van der Waals surface area contributed by atoms with Gasteiger partial charge in [0.15, 0.2) is 5.58 Å². The fourth-order valence-electron chi connectivity index (χ4n) is 3.92. The minimum absolute atomic E-state index is 0.248. The normalized spacial score (nSPS) is 21.3. The predicted octanol–water partition coefficient (Wildman–Crippen LogP) is 1.68. The molecule has 26 heavy (non-hydrogen) atoms. The van der Waals surface area contributed by atoms with Gasteiger partial charge in [-0.1, -0.05) is 29.4 Å². The molecule has 7 heteroatoms. The lowest BCUT2D eigenvalue weighted by Crippen LogP contribution is -2.50. The molecule has 3 aromatic rings. The fraction of sp³-hybridized carbons (Fsp3) is 0.316. The van der Waals surface area contributed by atoms with Crippen LogP contribution in [0, 0.1) is 0 Å². The second-order valence-electron chi connectivity index (χ2n) is 6.94. The molecule has 1 unspecified atom stereocenters. The van der Waals surface area contributed by atoms with E-state index in [4.69, 9.17) is 4.52 Å². The zero-order valence-electron chi connectivity index (χ0n) is 13.9. The standard InChI is InChI=1S/C19H17N3O4/c23-10-8-22(9-10)14-7-15-17(12-4-2-1-3-11(12)14)18(21-26-15)13-5-6-16(24)20-19(13)25/h1-4,7,10,13,23H,5-6,8-9H2,(H,20,24,25). The van der Waals surface area contributed by atoms with Crippen LogP contribution >= 0.6 is 0 Å². The van der Waals surface area contributed by atoms with E-state index >= 15 is 0 Å². The number of fused-ring (bicyclic) bond motifs is 3. The van der Waals surface area contributed by atoms with Gasteiger partial charge in [-0.2, -0.15) is 0 Å². The Bertz CT molecular complexity index is 1050. The van der Waals surface area contributed by atoms with Crippen LogP contribution in [0.15, 0.2) is 34.9 Å². The molecule has 2 aliphatic rings. The number of imide groups is 1. The highest BCUT2D eigenvalue weighted by molar-refractivity contribution is 6.14. The Kier molecular flexibility index (Phi) is 3.27. The number of hydrogen-bond donors (Lipinski definition) is 2. The lowest BCUT2D eigenvalue weighted by Gasteiger charge is -2.38. The fourth-order valence-corrected chi connectivity index (χ4v) is 3.92. The molecule has 7 nitrogen and oxygen atoms in total. The van der Waals surface area contributed by atoms with E-state index in [0.717, 1.165) is 21.8 Å². The maximum Gasteiger partial charge on any atom is 0.235 e. The predicted molar refractivity (Wildman–Crippen MR) is 94.9 cm³/mol. The second-order valence-corrected chi connectivity index (χ2v) is 6.94. The molecule has 0 aliphatic carbocycles. The quantitative estimate of drug-likeness (QED) is 0.682. The maximum atomic E-state index is 12.3. The van der Waals surface area contributed by atoms with Crippen LogP contribution in [0.5, 0.6) is 0 Å². The number of aliphatic hydroxyl groups excluding tert-OH is 1. The van der Waals surface area contributed by atoms with Gasteiger partial charge in [0, 0.05) is 36.7 Å². The van der Waals surface area contributed by atoms with Crippen molar-refractivity contribution in [3.05, 3.63) is 36.0 Å². The van der Waals surface area contributed by atoms with Crippen molar-refractivity contribution < 1.29 is 19.2 Å². The summed E-state index contributed by atoms with van der Waals surface area (Å²) in [6.45, 7) is 1.17. The van der Waals surface area contributed by atoms with Crippen molar-refractivity contribution in [2.24, 2.45) is 0 Å². The van der Waals surface area contributed by atoms with Crippen molar-refractivity contribution in [1.82, 2.24) is 10.5 Å².